The van der Waals surface area contributed by atoms with Crippen molar-refractivity contribution >= 4 is 5.97 Å². The predicted octanol–water partition coefficient (Wildman–Crippen LogP) is 1.74. The Morgan fingerprint density at radius 3 is 2.50 bits per heavy atom. The molecule has 4 nitrogen and oxygen atoms in total. The average Bonchev–Trinajstić information content (AvgIpc) is 2.27. The summed E-state index contributed by atoms with van der Waals surface area (Å²) in [6.45, 7) is 4.72. The van der Waals surface area contributed by atoms with Crippen LogP contribution in [0.1, 0.15) is 39.0 Å². The number of ether oxygens (including phenoxy) is 1. The highest BCUT2D eigenvalue weighted by Crippen LogP contribution is 2.27. The summed E-state index contributed by atoms with van der Waals surface area (Å²) in [7, 11) is 1.66. The lowest BCUT2D eigenvalue weighted by Gasteiger charge is -2.42. The van der Waals surface area contributed by atoms with Crippen molar-refractivity contribution in [1.29, 1.82) is 0 Å². The minimum Gasteiger partial charge on any atom is -0.481 e. The lowest BCUT2D eigenvalue weighted by Crippen LogP contribution is -2.50. The number of carboxylic acid groups (broad SMARTS) is 1. The molecule has 1 fully saturated rings. The molecule has 1 heterocycles. The molecular formula is C12H23NO3. The van der Waals surface area contributed by atoms with E-state index in [1.54, 1.807) is 7.11 Å². The Hall–Kier alpha value is -0.610. The summed E-state index contributed by atoms with van der Waals surface area (Å²) in [5.74, 6) is -0.718. The quantitative estimate of drug-likeness (QED) is 0.753. The fraction of sp³-hybridized carbons (Fsp3) is 0.917. The van der Waals surface area contributed by atoms with E-state index in [0.717, 1.165) is 19.5 Å². The van der Waals surface area contributed by atoms with Crippen molar-refractivity contribution in [2.45, 2.75) is 44.6 Å². The van der Waals surface area contributed by atoms with Gasteiger partial charge in [0.15, 0.2) is 0 Å². The zero-order valence-electron chi connectivity index (χ0n) is 10.4. The van der Waals surface area contributed by atoms with Crippen molar-refractivity contribution in [3.63, 3.8) is 0 Å². The molecule has 0 aromatic rings. The van der Waals surface area contributed by atoms with Crippen molar-refractivity contribution in [3.05, 3.63) is 0 Å². The normalized spacial score (nSPS) is 21.6. The van der Waals surface area contributed by atoms with E-state index in [-0.39, 0.29) is 12.0 Å². The van der Waals surface area contributed by atoms with E-state index in [1.165, 1.54) is 19.3 Å². The minimum atomic E-state index is -0.718. The van der Waals surface area contributed by atoms with E-state index >= 15 is 0 Å². The topological polar surface area (TPSA) is 49.8 Å². The van der Waals surface area contributed by atoms with Crippen LogP contribution in [0.3, 0.4) is 0 Å². The van der Waals surface area contributed by atoms with Gasteiger partial charge in [-0.15, -0.1) is 0 Å². The van der Waals surface area contributed by atoms with Crippen LogP contribution in [0.15, 0.2) is 0 Å². The molecule has 1 aliphatic rings. The maximum absolute atomic E-state index is 11.0. The summed E-state index contributed by atoms with van der Waals surface area (Å²) < 4.78 is 5.09. The van der Waals surface area contributed by atoms with Crippen LogP contribution in [0.5, 0.6) is 0 Å². The summed E-state index contributed by atoms with van der Waals surface area (Å²) in [6.07, 6.45) is 4.63. The summed E-state index contributed by atoms with van der Waals surface area (Å²) in [4.78, 5) is 13.3. The van der Waals surface area contributed by atoms with Gasteiger partial charge in [-0.3, -0.25) is 9.69 Å². The van der Waals surface area contributed by atoms with E-state index in [2.05, 4.69) is 4.90 Å². The molecule has 0 spiro atoms. The molecule has 1 N–H and O–H groups in total. The average molecular weight is 229 g/mol. The molecule has 4 heteroatoms. The summed E-state index contributed by atoms with van der Waals surface area (Å²) in [6, 6.07) is 0. The first-order valence-electron chi connectivity index (χ1n) is 6.04. The molecule has 1 aliphatic heterocycles. The number of nitrogens with zero attached hydrogens (tertiary/aromatic N) is 1. The van der Waals surface area contributed by atoms with Gasteiger partial charge in [0.2, 0.25) is 0 Å². The zero-order valence-corrected chi connectivity index (χ0v) is 10.4. The predicted molar refractivity (Wildman–Crippen MR) is 62.6 cm³/mol. The summed E-state index contributed by atoms with van der Waals surface area (Å²) in [5, 5.41) is 9.01. The number of aliphatic carboxylic acids is 1. The number of methoxy groups -OCH3 is 1. The highest BCUT2D eigenvalue weighted by molar-refractivity contribution is 5.68. The minimum absolute atomic E-state index is 0.205. The van der Waals surface area contributed by atoms with Gasteiger partial charge in [0.1, 0.15) is 0 Å². The number of hydrogen-bond acceptors (Lipinski definition) is 3. The lowest BCUT2D eigenvalue weighted by atomic mass is 9.89. The standard InChI is InChI=1S/C12H23NO3/c1-12(6-9-16-2,10-11(14)15)13-7-4-3-5-8-13/h3-10H2,1-2H3,(H,14,15). The van der Waals surface area contributed by atoms with Gasteiger partial charge in [0.05, 0.1) is 6.42 Å². The van der Waals surface area contributed by atoms with E-state index < -0.39 is 5.97 Å². The maximum atomic E-state index is 11.0. The Labute approximate surface area is 97.6 Å². The van der Waals surface area contributed by atoms with Crippen molar-refractivity contribution in [3.8, 4) is 0 Å². The molecule has 16 heavy (non-hydrogen) atoms. The van der Waals surface area contributed by atoms with E-state index in [0.29, 0.717) is 6.61 Å². The molecule has 1 unspecified atom stereocenters. The van der Waals surface area contributed by atoms with Gasteiger partial charge >= 0.3 is 5.97 Å². The second-order valence-corrected chi connectivity index (χ2v) is 4.86. The molecule has 0 radical (unpaired) electrons. The molecule has 0 aromatic heterocycles. The highest BCUT2D eigenvalue weighted by atomic mass is 16.5. The number of likely N-dealkylation sites (tertiary alicyclic amines) is 1. The maximum Gasteiger partial charge on any atom is 0.305 e. The number of piperidine rings is 1. The molecule has 1 atom stereocenters. The van der Waals surface area contributed by atoms with Crippen molar-refractivity contribution in [2.24, 2.45) is 0 Å². The van der Waals surface area contributed by atoms with Gasteiger partial charge in [-0.05, 0) is 39.3 Å². The third-order valence-electron chi connectivity index (χ3n) is 3.50. The smallest absolute Gasteiger partial charge is 0.305 e. The van der Waals surface area contributed by atoms with E-state index in [4.69, 9.17) is 9.84 Å². The van der Waals surface area contributed by atoms with Crippen LogP contribution < -0.4 is 0 Å². The summed E-state index contributed by atoms with van der Waals surface area (Å²) >= 11 is 0. The summed E-state index contributed by atoms with van der Waals surface area (Å²) in [5.41, 5.74) is -0.248. The number of carbonyl (C=O) groups is 1. The van der Waals surface area contributed by atoms with E-state index in [1.807, 2.05) is 6.92 Å². The fourth-order valence-corrected chi connectivity index (χ4v) is 2.44. The van der Waals surface area contributed by atoms with Crippen LogP contribution in [0.4, 0.5) is 0 Å². The Kier molecular flexibility index (Phi) is 5.22. The molecule has 0 saturated carbocycles. The number of hydrogen-bond donors (Lipinski definition) is 1. The third kappa shape index (κ3) is 3.76. The van der Waals surface area contributed by atoms with Crippen LogP contribution in [-0.4, -0.2) is 48.3 Å². The second kappa shape index (κ2) is 6.21. The van der Waals surface area contributed by atoms with Crippen LogP contribution >= 0.6 is 0 Å². The van der Waals surface area contributed by atoms with Gasteiger partial charge in [0.25, 0.3) is 0 Å². The number of carboxylic acids is 1. The highest BCUT2D eigenvalue weighted by Gasteiger charge is 2.34. The van der Waals surface area contributed by atoms with Crippen LogP contribution in [-0.2, 0) is 9.53 Å². The van der Waals surface area contributed by atoms with Crippen molar-refractivity contribution in [1.82, 2.24) is 4.90 Å². The monoisotopic (exact) mass is 229 g/mol. The first kappa shape index (κ1) is 13.5. The lowest BCUT2D eigenvalue weighted by molar-refractivity contribution is -0.140. The molecule has 0 aliphatic carbocycles. The molecule has 1 rings (SSSR count). The Morgan fingerprint density at radius 2 is 2.00 bits per heavy atom. The molecule has 0 bridgehead atoms. The Bertz CT molecular complexity index is 226. The first-order valence-corrected chi connectivity index (χ1v) is 6.04. The van der Waals surface area contributed by atoms with Crippen LogP contribution in [0.25, 0.3) is 0 Å². The van der Waals surface area contributed by atoms with Crippen molar-refractivity contribution < 1.29 is 14.6 Å². The van der Waals surface area contributed by atoms with Crippen molar-refractivity contribution in [2.75, 3.05) is 26.8 Å². The zero-order chi connectivity index (χ0) is 12.0. The van der Waals surface area contributed by atoms with Gasteiger partial charge < -0.3 is 9.84 Å². The Morgan fingerprint density at radius 1 is 1.38 bits per heavy atom. The molecule has 0 amide bonds. The second-order valence-electron chi connectivity index (χ2n) is 4.86. The van der Waals surface area contributed by atoms with Gasteiger partial charge in [-0.1, -0.05) is 6.42 Å². The molecule has 1 saturated heterocycles. The third-order valence-corrected chi connectivity index (χ3v) is 3.50. The van der Waals surface area contributed by atoms with Gasteiger partial charge in [-0.25, -0.2) is 0 Å². The largest absolute Gasteiger partial charge is 0.481 e. The molecule has 0 aromatic carbocycles. The fourth-order valence-electron chi connectivity index (χ4n) is 2.44. The van der Waals surface area contributed by atoms with Gasteiger partial charge in [0, 0.05) is 19.3 Å². The SMILES string of the molecule is COCCC(C)(CC(=O)O)N1CCCCC1. The van der Waals surface area contributed by atoms with E-state index in [9.17, 15) is 4.79 Å². The van der Waals surface area contributed by atoms with Crippen LogP contribution in [0, 0.1) is 0 Å². The molecule has 94 valence electrons. The molecular weight excluding hydrogens is 206 g/mol. The van der Waals surface area contributed by atoms with Gasteiger partial charge in [-0.2, -0.15) is 0 Å². The first-order chi connectivity index (χ1) is 7.58. The number of rotatable bonds is 6. The van der Waals surface area contributed by atoms with Crippen LogP contribution in [0.2, 0.25) is 0 Å². The Balaban J connectivity index is 2.62.